The van der Waals surface area contributed by atoms with Crippen molar-refractivity contribution in [2.24, 2.45) is 5.84 Å². The zero-order valence-corrected chi connectivity index (χ0v) is 16.5. The molecule has 1 saturated heterocycles. The predicted octanol–water partition coefficient (Wildman–Crippen LogP) is 2.49. The first-order valence-corrected chi connectivity index (χ1v) is 10.1. The SMILES string of the molecule is COc1cccc(NC(=O)N2CCSC(Cc3ccc(C(=O)NN)cc3)C2)c1. The summed E-state index contributed by atoms with van der Waals surface area (Å²) in [6.45, 7) is 1.39. The van der Waals surface area contributed by atoms with Crippen LogP contribution in [0.5, 0.6) is 5.75 Å². The van der Waals surface area contributed by atoms with Gasteiger partial charge in [-0.3, -0.25) is 10.2 Å². The van der Waals surface area contributed by atoms with Crippen molar-refractivity contribution in [3.63, 3.8) is 0 Å². The molecule has 28 heavy (non-hydrogen) atoms. The van der Waals surface area contributed by atoms with Gasteiger partial charge in [0, 0.05) is 41.4 Å². The van der Waals surface area contributed by atoms with Gasteiger partial charge in [0.15, 0.2) is 0 Å². The number of rotatable bonds is 5. The third-order valence-electron chi connectivity index (χ3n) is 4.56. The van der Waals surface area contributed by atoms with E-state index in [2.05, 4.69) is 10.7 Å². The van der Waals surface area contributed by atoms with Crippen LogP contribution in [0.25, 0.3) is 0 Å². The van der Waals surface area contributed by atoms with E-state index < -0.39 is 0 Å². The molecule has 0 aromatic heterocycles. The highest BCUT2D eigenvalue weighted by Gasteiger charge is 2.24. The number of carbonyl (C=O) groups is 2. The number of nitrogens with one attached hydrogen (secondary N) is 2. The molecule has 8 heteroatoms. The fourth-order valence-electron chi connectivity index (χ4n) is 3.07. The van der Waals surface area contributed by atoms with Gasteiger partial charge < -0.3 is 15.0 Å². The molecule has 0 saturated carbocycles. The van der Waals surface area contributed by atoms with Gasteiger partial charge in [-0.15, -0.1) is 0 Å². The Kier molecular flexibility index (Phi) is 6.78. The van der Waals surface area contributed by atoms with Crippen molar-refractivity contribution >= 4 is 29.4 Å². The number of hydrogen-bond acceptors (Lipinski definition) is 5. The lowest BCUT2D eigenvalue weighted by atomic mass is 10.1. The Morgan fingerprint density at radius 3 is 2.75 bits per heavy atom. The van der Waals surface area contributed by atoms with Crippen LogP contribution in [0.1, 0.15) is 15.9 Å². The monoisotopic (exact) mass is 400 g/mol. The van der Waals surface area contributed by atoms with Crippen LogP contribution in [0.15, 0.2) is 48.5 Å². The Hall–Kier alpha value is -2.71. The number of carbonyl (C=O) groups excluding carboxylic acids is 2. The van der Waals surface area contributed by atoms with Crippen LogP contribution in [0.2, 0.25) is 0 Å². The molecule has 1 atom stereocenters. The molecule has 148 valence electrons. The van der Waals surface area contributed by atoms with Crippen molar-refractivity contribution in [3.05, 3.63) is 59.7 Å². The van der Waals surface area contributed by atoms with E-state index in [1.54, 1.807) is 25.3 Å². The summed E-state index contributed by atoms with van der Waals surface area (Å²) in [4.78, 5) is 26.0. The van der Waals surface area contributed by atoms with Crippen LogP contribution < -0.4 is 21.3 Å². The number of thioether (sulfide) groups is 1. The molecule has 0 bridgehead atoms. The zero-order chi connectivity index (χ0) is 19.9. The molecule has 0 aliphatic carbocycles. The minimum atomic E-state index is -0.306. The maximum atomic E-state index is 12.6. The average Bonchev–Trinajstić information content (AvgIpc) is 2.74. The molecule has 1 aliphatic rings. The average molecular weight is 401 g/mol. The standard InChI is InChI=1S/C20H24N4O3S/c1-27-17-4-2-3-16(12-17)22-20(26)24-9-10-28-18(13-24)11-14-5-7-15(8-6-14)19(25)23-21/h2-8,12,18H,9-11,13,21H2,1H3,(H,22,26)(H,23,25). The third kappa shape index (κ3) is 5.17. The molecule has 2 aromatic rings. The van der Waals surface area contributed by atoms with E-state index in [1.807, 2.05) is 47.0 Å². The van der Waals surface area contributed by atoms with Crippen molar-refractivity contribution in [2.75, 3.05) is 31.3 Å². The Balaban J connectivity index is 1.57. The second kappa shape index (κ2) is 9.48. The molecule has 4 N–H and O–H groups in total. The topological polar surface area (TPSA) is 96.7 Å². The minimum Gasteiger partial charge on any atom is -0.497 e. The summed E-state index contributed by atoms with van der Waals surface area (Å²) in [5.41, 5.74) is 4.50. The number of hydrogen-bond donors (Lipinski definition) is 3. The number of hydrazine groups is 1. The molecule has 0 spiro atoms. The molecule has 3 amide bonds. The molecule has 1 aliphatic heterocycles. The number of methoxy groups -OCH3 is 1. The van der Waals surface area contributed by atoms with Gasteiger partial charge in [0.05, 0.1) is 7.11 Å². The number of amides is 3. The third-order valence-corrected chi connectivity index (χ3v) is 5.76. The highest BCUT2D eigenvalue weighted by molar-refractivity contribution is 8.00. The molecular weight excluding hydrogens is 376 g/mol. The fourth-order valence-corrected chi connectivity index (χ4v) is 4.32. The lowest BCUT2D eigenvalue weighted by molar-refractivity contribution is 0.0953. The van der Waals surface area contributed by atoms with Gasteiger partial charge in [0.1, 0.15) is 5.75 Å². The molecule has 7 nitrogen and oxygen atoms in total. The minimum absolute atomic E-state index is 0.103. The van der Waals surface area contributed by atoms with E-state index in [0.29, 0.717) is 35.3 Å². The van der Waals surface area contributed by atoms with Crippen LogP contribution in [0, 0.1) is 0 Å². The van der Waals surface area contributed by atoms with E-state index in [1.165, 1.54) is 0 Å². The summed E-state index contributed by atoms with van der Waals surface area (Å²) in [5.74, 6) is 6.44. The molecule has 1 heterocycles. The first-order valence-electron chi connectivity index (χ1n) is 9.00. The Morgan fingerprint density at radius 1 is 1.25 bits per heavy atom. The molecule has 3 rings (SSSR count). The van der Waals surface area contributed by atoms with E-state index in [-0.39, 0.29) is 11.9 Å². The van der Waals surface area contributed by atoms with Crippen LogP contribution in [-0.2, 0) is 6.42 Å². The van der Waals surface area contributed by atoms with E-state index in [0.717, 1.165) is 17.7 Å². The molecule has 0 radical (unpaired) electrons. The maximum Gasteiger partial charge on any atom is 0.321 e. The van der Waals surface area contributed by atoms with Gasteiger partial charge in [-0.25, -0.2) is 10.6 Å². The van der Waals surface area contributed by atoms with Gasteiger partial charge in [-0.1, -0.05) is 18.2 Å². The predicted molar refractivity (Wildman–Crippen MR) is 112 cm³/mol. The summed E-state index contributed by atoms with van der Waals surface area (Å²) in [7, 11) is 1.60. The summed E-state index contributed by atoms with van der Waals surface area (Å²) in [6.07, 6.45) is 0.831. The Bertz CT molecular complexity index is 828. The van der Waals surface area contributed by atoms with Crippen molar-refractivity contribution in [1.82, 2.24) is 10.3 Å². The van der Waals surface area contributed by atoms with Gasteiger partial charge in [-0.2, -0.15) is 11.8 Å². The van der Waals surface area contributed by atoms with E-state index in [4.69, 9.17) is 10.6 Å². The molecule has 2 aromatic carbocycles. The largest absolute Gasteiger partial charge is 0.497 e. The fraction of sp³-hybridized carbons (Fsp3) is 0.300. The second-order valence-corrected chi connectivity index (χ2v) is 7.88. The maximum absolute atomic E-state index is 12.6. The highest BCUT2D eigenvalue weighted by Crippen LogP contribution is 2.24. The smallest absolute Gasteiger partial charge is 0.321 e. The lowest BCUT2D eigenvalue weighted by Gasteiger charge is -2.32. The van der Waals surface area contributed by atoms with Crippen LogP contribution in [0.4, 0.5) is 10.5 Å². The quantitative estimate of drug-likeness (QED) is 0.407. The summed E-state index contributed by atoms with van der Waals surface area (Å²) in [6, 6.07) is 14.6. The van der Waals surface area contributed by atoms with Crippen molar-refractivity contribution in [2.45, 2.75) is 11.7 Å². The molecule has 1 fully saturated rings. The Labute approximate surface area is 168 Å². The zero-order valence-electron chi connectivity index (χ0n) is 15.7. The number of nitrogens with two attached hydrogens (primary N) is 1. The highest BCUT2D eigenvalue weighted by atomic mass is 32.2. The second-order valence-electron chi connectivity index (χ2n) is 6.48. The summed E-state index contributed by atoms with van der Waals surface area (Å²) >= 11 is 1.87. The lowest BCUT2D eigenvalue weighted by Crippen LogP contribution is -2.44. The van der Waals surface area contributed by atoms with E-state index >= 15 is 0 Å². The van der Waals surface area contributed by atoms with Crippen LogP contribution in [-0.4, -0.2) is 48.0 Å². The van der Waals surface area contributed by atoms with Crippen molar-refractivity contribution < 1.29 is 14.3 Å². The van der Waals surface area contributed by atoms with E-state index in [9.17, 15) is 9.59 Å². The first-order chi connectivity index (χ1) is 13.6. The van der Waals surface area contributed by atoms with Gasteiger partial charge in [0.25, 0.3) is 5.91 Å². The van der Waals surface area contributed by atoms with Crippen molar-refractivity contribution in [1.29, 1.82) is 0 Å². The summed E-state index contributed by atoms with van der Waals surface area (Å²) in [5, 5.41) is 3.24. The van der Waals surface area contributed by atoms with Gasteiger partial charge in [0.2, 0.25) is 0 Å². The number of nitrogen functional groups attached to an aromatic ring is 1. The van der Waals surface area contributed by atoms with Gasteiger partial charge >= 0.3 is 6.03 Å². The number of ether oxygens (including phenoxy) is 1. The molecular formula is C20H24N4O3S. The molecule has 1 unspecified atom stereocenters. The first kappa shape index (κ1) is 20.0. The summed E-state index contributed by atoms with van der Waals surface area (Å²) < 4.78 is 5.20. The Morgan fingerprint density at radius 2 is 2.04 bits per heavy atom. The number of urea groups is 1. The van der Waals surface area contributed by atoms with Crippen LogP contribution in [0.3, 0.4) is 0 Å². The number of benzene rings is 2. The van der Waals surface area contributed by atoms with Crippen LogP contribution >= 0.6 is 11.8 Å². The number of anilines is 1. The van der Waals surface area contributed by atoms with Gasteiger partial charge in [-0.05, 0) is 36.2 Å². The number of nitrogens with zero attached hydrogens (tertiary/aromatic N) is 1. The normalized spacial score (nSPS) is 16.4. The van der Waals surface area contributed by atoms with Crippen molar-refractivity contribution in [3.8, 4) is 5.75 Å².